The quantitative estimate of drug-likeness (QED) is 0.289. The van der Waals surface area contributed by atoms with Gasteiger partial charge in [0.15, 0.2) is 6.29 Å². The van der Waals surface area contributed by atoms with Gasteiger partial charge in [-0.05, 0) is 0 Å². The van der Waals surface area contributed by atoms with Crippen molar-refractivity contribution >= 4 is 7.82 Å². The zero-order valence-corrected chi connectivity index (χ0v) is 8.84. The lowest BCUT2D eigenvalue weighted by molar-refractivity contribution is -0.280. The van der Waals surface area contributed by atoms with Crippen molar-refractivity contribution in [3.05, 3.63) is 0 Å². The molecule has 1 saturated heterocycles. The standard InChI is InChI=1S/C6H13O9P/c7-1-2-3(8)4(9)5(10)6(14-2)15-16(11,12)13/h2-10H,1H2,(H2,11,12,13)/t2?,3?,4?,5?,6-/m1/s1. The van der Waals surface area contributed by atoms with Crippen LogP contribution in [-0.2, 0) is 13.8 Å². The van der Waals surface area contributed by atoms with Crippen molar-refractivity contribution in [3.8, 4) is 0 Å². The lowest BCUT2D eigenvalue weighted by Gasteiger charge is -2.39. The second kappa shape index (κ2) is 5.05. The molecule has 0 amide bonds. The normalized spacial score (nSPS) is 41.0. The molecule has 1 heterocycles. The summed E-state index contributed by atoms with van der Waals surface area (Å²) in [4.78, 5) is 17.0. The van der Waals surface area contributed by atoms with Gasteiger partial charge in [-0.2, -0.15) is 0 Å². The SMILES string of the molecule is O=P(O)(O)O[C@H]1OC(CO)C(O)C(O)C1O. The molecule has 10 heteroatoms. The van der Waals surface area contributed by atoms with Gasteiger partial charge in [0, 0.05) is 0 Å². The highest BCUT2D eigenvalue weighted by molar-refractivity contribution is 7.46. The predicted molar refractivity (Wildman–Crippen MR) is 46.9 cm³/mol. The molecule has 4 unspecified atom stereocenters. The fourth-order valence-corrected chi connectivity index (χ4v) is 1.73. The van der Waals surface area contributed by atoms with E-state index >= 15 is 0 Å². The third-order valence-electron chi connectivity index (χ3n) is 2.09. The third kappa shape index (κ3) is 3.20. The minimum atomic E-state index is -4.91. The first-order valence-corrected chi connectivity index (χ1v) is 5.83. The largest absolute Gasteiger partial charge is 0.472 e. The van der Waals surface area contributed by atoms with Crippen LogP contribution in [0.15, 0.2) is 0 Å². The van der Waals surface area contributed by atoms with Gasteiger partial charge in [-0.25, -0.2) is 4.57 Å². The molecule has 5 atom stereocenters. The zero-order chi connectivity index (χ0) is 12.5. The van der Waals surface area contributed by atoms with Gasteiger partial charge in [0.25, 0.3) is 0 Å². The monoisotopic (exact) mass is 260 g/mol. The van der Waals surface area contributed by atoms with Gasteiger partial charge in [-0.3, -0.25) is 4.52 Å². The van der Waals surface area contributed by atoms with Crippen molar-refractivity contribution in [2.45, 2.75) is 30.7 Å². The maximum Gasteiger partial charge on any atom is 0.472 e. The van der Waals surface area contributed by atoms with E-state index in [1.807, 2.05) is 0 Å². The molecule has 6 N–H and O–H groups in total. The summed E-state index contributed by atoms with van der Waals surface area (Å²) >= 11 is 0. The first kappa shape index (κ1) is 14.0. The summed E-state index contributed by atoms with van der Waals surface area (Å²) in [5, 5.41) is 36.6. The summed E-state index contributed by atoms with van der Waals surface area (Å²) in [5.74, 6) is 0. The van der Waals surface area contributed by atoms with Crippen LogP contribution in [0.25, 0.3) is 0 Å². The van der Waals surface area contributed by atoms with Gasteiger partial charge < -0.3 is 34.9 Å². The molecule has 9 nitrogen and oxygen atoms in total. The summed E-state index contributed by atoms with van der Waals surface area (Å²) < 4.78 is 19.2. The van der Waals surface area contributed by atoms with E-state index in [1.165, 1.54) is 0 Å². The van der Waals surface area contributed by atoms with Crippen LogP contribution in [0.3, 0.4) is 0 Å². The molecule has 0 aromatic carbocycles. The van der Waals surface area contributed by atoms with Gasteiger partial charge in [-0.1, -0.05) is 0 Å². The number of hydrogen-bond acceptors (Lipinski definition) is 7. The lowest BCUT2D eigenvalue weighted by atomic mass is 10.00. The van der Waals surface area contributed by atoms with Crippen LogP contribution >= 0.6 is 7.82 Å². The number of aliphatic hydroxyl groups excluding tert-OH is 4. The van der Waals surface area contributed by atoms with Gasteiger partial charge >= 0.3 is 7.82 Å². The summed E-state index contributed by atoms with van der Waals surface area (Å²) in [6.45, 7) is -0.702. The van der Waals surface area contributed by atoms with E-state index < -0.39 is 45.1 Å². The van der Waals surface area contributed by atoms with Crippen molar-refractivity contribution in [1.82, 2.24) is 0 Å². The van der Waals surface area contributed by atoms with Crippen molar-refractivity contribution in [1.29, 1.82) is 0 Å². The Hall–Kier alpha value is -0.0900. The molecule has 1 aliphatic heterocycles. The van der Waals surface area contributed by atoms with Crippen LogP contribution in [0.5, 0.6) is 0 Å². The van der Waals surface area contributed by atoms with Crippen LogP contribution in [0.4, 0.5) is 0 Å². The fourth-order valence-electron chi connectivity index (χ4n) is 1.29. The highest BCUT2D eigenvalue weighted by Crippen LogP contribution is 2.40. The molecule has 16 heavy (non-hydrogen) atoms. The average Bonchev–Trinajstić information content (AvgIpc) is 2.17. The zero-order valence-electron chi connectivity index (χ0n) is 7.95. The Morgan fingerprint density at radius 1 is 1.12 bits per heavy atom. The van der Waals surface area contributed by atoms with Crippen molar-refractivity contribution in [2.24, 2.45) is 0 Å². The highest BCUT2D eigenvalue weighted by Gasteiger charge is 2.46. The summed E-state index contributed by atoms with van der Waals surface area (Å²) in [5.41, 5.74) is 0. The minimum Gasteiger partial charge on any atom is -0.394 e. The maximum absolute atomic E-state index is 10.5. The van der Waals surface area contributed by atoms with Gasteiger partial charge in [-0.15, -0.1) is 0 Å². The Bertz CT molecular complexity index is 275. The van der Waals surface area contributed by atoms with E-state index in [1.54, 1.807) is 0 Å². The number of ether oxygens (including phenoxy) is 1. The number of phosphoric acid groups is 1. The summed E-state index contributed by atoms with van der Waals surface area (Å²) in [6.07, 6.45) is -8.25. The maximum atomic E-state index is 10.5. The van der Waals surface area contributed by atoms with E-state index in [0.717, 1.165) is 0 Å². The molecule has 1 fully saturated rings. The summed E-state index contributed by atoms with van der Waals surface area (Å²) in [7, 11) is -4.91. The van der Waals surface area contributed by atoms with E-state index in [2.05, 4.69) is 9.26 Å². The third-order valence-corrected chi connectivity index (χ3v) is 2.57. The number of phosphoric ester groups is 1. The Morgan fingerprint density at radius 2 is 1.69 bits per heavy atom. The predicted octanol–water partition coefficient (Wildman–Crippen LogP) is -3.10. The van der Waals surface area contributed by atoms with Crippen LogP contribution in [0, 0.1) is 0 Å². The van der Waals surface area contributed by atoms with E-state index in [4.69, 9.17) is 14.9 Å². The molecule has 0 spiro atoms. The van der Waals surface area contributed by atoms with Crippen LogP contribution < -0.4 is 0 Å². The van der Waals surface area contributed by atoms with Crippen molar-refractivity contribution < 1.29 is 44.0 Å². The number of rotatable bonds is 3. The van der Waals surface area contributed by atoms with E-state index in [-0.39, 0.29) is 0 Å². The van der Waals surface area contributed by atoms with Crippen LogP contribution in [-0.4, -0.2) is 67.5 Å². The molecule has 1 aliphatic rings. The summed E-state index contributed by atoms with van der Waals surface area (Å²) in [6, 6.07) is 0. The lowest BCUT2D eigenvalue weighted by Crippen LogP contribution is -2.58. The van der Waals surface area contributed by atoms with Crippen LogP contribution in [0.1, 0.15) is 0 Å². The Balaban J connectivity index is 2.75. The molecular weight excluding hydrogens is 247 g/mol. The fraction of sp³-hybridized carbons (Fsp3) is 1.00. The van der Waals surface area contributed by atoms with Crippen LogP contribution in [0.2, 0.25) is 0 Å². The molecule has 0 saturated carbocycles. The van der Waals surface area contributed by atoms with Crippen molar-refractivity contribution in [3.63, 3.8) is 0 Å². The molecule has 0 aromatic heterocycles. The Labute approximate surface area is 90.1 Å². The second-order valence-electron chi connectivity index (χ2n) is 3.29. The highest BCUT2D eigenvalue weighted by atomic mass is 31.2. The molecule has 96 valence electrons. The van der Waals surface area contributed by atoms with Gasteiger partial charge in [0.1, 0.15) is 24.4 Å². The van der Waals surface area contributed by atoms with Gasteiger partial charge in [0.2, 0.25) is 0 Å². The molecule has 0 radical (unpaired) electrons. The molecule has 0 aromatic rings. The first-order valence-electron chi connectivity index (χ1n) is 4.30. The minimum absolute atomic E-state index is 0.702. The van der Waals surface area contributed by atoms with Crippen molar-refractivity contribution in [2.75, 3.05) is 6.61 Å². The number of hydrogen-bond donors (Lipinski definition) is 6. The molecule has 0 bridgehead atoms. The van der Waals surface area contributed by atoms with E-state index in [0.29, 0.717) is 0 Å². The topological polar surface area (TPSA) is 157 Å². The Kier molecular flexibility index (Phi) is 4.41. The number of aliphatic hydroxyl groups is 4. The average molecular weight is 260 g/mol. The molecule has 0 aliphatic carbocycles. The van der Waals surface area contributed by atoms with Gasteiger partial charge in [0.05, 0.1) is 6.61 Å². The second-order valence-corrected chi connectivity index (χ2v) is 4.49. The first-order chi connectivity index (χ1) is 7.26. The smallest absolute Gasteiger partial charge is 0.394 e. The molecular formula is C6H13O9P. The van der Waals surface area contributed by atoms with E-state index in [9.17, 15) is 19.9 Å². The molecule has 1 rings (SSSR count). The Morgan fingerprint density at radius 3 is 2.12 bits per heavy atom.